The summed E-state index contributed by atoms with van der Waals surface area (Å²) in [6, 6.07) is 13.7. The lowest BCUT2D eigenvalue weighted by Gasteiger charge is -2.12. The molecule has 0 bridgehead atoms. The zero-order valence-electron chi connectivity index (χ0n) is 15.5. The van der Waals surface area contributed by atoms with Gasteiger partial charge in [-0.2, -0.15) is 0 Å². The monoisotopic (exact) mass is 372 g/mol. The normalized spacial score (nSPS) is 14.7. The second kappa shape index (κ2) is 7.81. The molecule has 1 aliphatic heterocycles. The molecule has 1 aliphatic rings. The van der Waals surface area contributed by atoms with Gasteiger partial charge in [-0.25, -0.2) is 4.39 Å². The highest BCUT2D eigenvalue weighted by Crippen LogP contribution is 2.31. The predicted molar refractivity (Wildman–Crippen MR) is 109 cm³/mol. The van der Waals surface area contributed by atoms with E-state index in [1.807, 2.05) is 12.1 Å². The predicted octanol–water partition coefficient (Wildman–Crippen LogP) is 5.13. The molecule has 0 saturated carbocycles. The highest BCUT2D eigenvalue weighted by atomic mass is 35.5. The zero-order valence-corrected chi connectivity index (χ0v) is 16.3. The Hall–Kier alpha value is -1.84. The van der Waals surface area contributed by atoms with Gasteiger partial charge in [0.25, 0.3) is 0 Å². The summed E-state index contributed by atoms with van der Waals surface area (Å²) in [5.74, 6) is -0.164. The van der Waals surface area contributed by atoms with Crippen LogP contribution in [0.2, 0.25) is 0 Å². The Balaban J connectivity index is 0.00000196. The fraction of sp³-hybridized carbons (Fsp3) is 0.364. The molecule has 2 heterocycles. The quantitative estimate of drug-likeness (QED) is 0.618. The summed E-state index contributed by atoms with van der Waals surface area (Å²) < 4.78 is 15.6. The van der Waals surface area contributed by atoms with Crippen LogP contribution in [0.15, 0.2) is 42.5 Å². The fourth-order valence-corrected chi connectivity index (χ4v) is 4.07. The van der Waals surface area contributed by atoms with E-state index in [-0.39, 0.29) is 18.2 Å². The molecular weight excluding hydrogens is 347 g/mol. The van der Waals surface area contributed by atoms with E-state index in [4.69, 9.17) is 0 Å². The first-order valence-corrected chi connectivity index (χ1v) is 9.15. The molecule has 0 saturated heterocycles. The van der Waals surface area contributed by atoms with E-state index in [1.54, 1.807) is 12.1 Å². The Morgan fingerprint density at radius 3 is 2.62 bits per heavy atom. The number of rotatable bonds is 3. The molecule has 4 rings (SSSR count). The lowest BCUT2D eigenvalue weighted by molar-refractivity contribution is 0.333. The van der Waals surface area contributed by atoms with E-state index < -0.39 is 0 Å². The third kappa shape index (κ3) is 3.65. The molecule has 2 nitrogen and oxygen atoms in total. The lowest BCUT2D eigenvalue weighted by Crippen LogP contribution is -2.17. The van der Waals surface area contributed by atoms with Gasteiger partial charge in [0.1, 0.15) is 5.82 Å². The number of nitrogens with zero attached hydrogens (tertiary/aromatic N) is 2. The molecule has 0 fully saturated rings. The standard InChI is InChI=1S/C22H25FN2.ClH/c1-16-5-10-22-19(14-16)20-15-24(2)12-3-4-21(20)25(22)13-11-17-6-8-18(23)9-7-17;/h5-10,14H,3-4,11-13,15H2,1-2H3;1H. The van der Waals surface area contributed by atoms with E-state index in [0.29, 0.717) is 0 Å². The number of benzene rings is 2. The first kappa shape index (κ1) is 18.9. The van der Waals surface area contributed by atoms with E-state index in [0.717, 1.165) is 32.5 Å². The minimum atomic E-state index is -0.164. The number of hydrogen-bond donors (Lipinski definition) is 0. The number of fused-ring (bicyclic) bond motifs is 3. The summed E-state index contributed by atoms with van der Waals surface area (Å²) in [6.07, 6.45) is 3.27. The molecule has 0 atom stereocenters. The Bertz CT molecular complexity index is 899. The van der Waals surface area contributed by atoms with Gasteiger partial charge in [-0.15, -0.1) is 12.4 Å². The SMILES string of the molecule is Cc1ccc2c(c1)c1c(n2CCc2ccc(F)cc2)CCCN(C)C1.Cl. The van der Waals surface area contributed by atoms with Crippen molar-refractivity contribution in [2.45, 2.75) is 39.3 Å². The first-order chi connectivity index (χ1) is 12.1. The maximum Gasteiger partial charge on any atom is 0.123 e. The molecule has 0 unspecified atom stereocenters. The molecule has 0 N–H and O–H groups in total. The van der Waals surface area contributed by atoms with Crippen molar-refractivity contribution >= 4 is 23.3 Å². The van der Waals surface area contributed by atoms with Gasteiger partial charge in [-0.05, 0) is 75.2 Å². The van der Waals surface area contributed by atoms with E-state index in [9.17, 15) is 4.39 Å². The summed E-state index contributed by atoms with van der Waals surface area (Å²) in [5, 5.41) is 1.41. The third-order valence-corrected chi connectivity index (χ3v) is 5.36. The molecule has 0 amide bonds. The minimum absolute atomic E-state index is 0. The molecule has 3 aromatic rings. The Kier molecular flexibility index (Phi) is 5.69. The van der Waals surface area contributed by atoms with Gasteiger partial charge in [0.05, 0.1) is 0 Å². The van der Waals surface area contributed by atoms with Crippen molar-refractivity contribution in [1.29, 1.82) is 0 Å². The molecular formula is C22H26ClFN2. The highest BCUT2D eigenvalue weighted by molar-refractivity contribution is 5.86. The van der Waals surface area contributed by atoms with Crippen LogP contribution in [0.5, 0.6) is 0 Å². The smallest absolute Gasteiger partial charge is 0.123 e. The van der Waals surface area contributed by atoms with Gasteiger partial charge in [0.15, 0.2) is 0 Å². The topological polar surface area (TPSA) is 8.17 Å². The van der Waals surface area contributed by atoms with Gasteiger partial charge in [-0.3, -0.25) is 0 Å². The van der Waals surface area contributed by atoms with Crippen LogP contribution in [0.1, 0.15) is 28.8 Å². The van der Waals surface area contributed by atoms with Crippen molar-refractivity contribution in [3.8, 4) is 0 Å². The second-order valence-electron chi connectivity index (χ2n) is 7.32. The molecule has 26 heavy (non-hydrogen) atoms. The average molecular weight is 373 g/mol. The van der Waals surface area contributed by atoms with Crippen molar-refractivity contribution in [1.82, 2.24) is 9.47 Å². The van der Waals surface area contributed by atoms with Crippen LogP contribution in [0.3, 0.4) is 0 Å². The van der Waals surface area contributed by atoms with Crippen LogP contribution in [0, 0.1) is 12.7 Å². The maximum absolute atomic E-state index is 13.1. The number of hydrogen-bond acceptors (Lipinski definition) is 1. The second-order valence-corrected chi connectivity index (χ2v) is 7.32. The van der Waals surface area contributed by atoms with Gasteiger partial charge >= 0.3 is 0 Å². The maximum atomic E-state index is 13.1. The van der Waals surface area contributed by atoms with Crippen LogP contribution in [-0.4, -0.2) is 23.1 Å². The molecule has 0 spiro atoms. The van der Waals surface area contributed by atoms with E-state index in [2.05, 4.69) is 41.6 Å². The first-order valence-electron chi connectivity index (χ1n) is 9.15. The molecule has 1 aromatic heterocycles. The van der Waals surface area contributed by atoms with Crippen molar-refractivity contribution in [3.05, 3.63) is 70.7 Å². The molecule has 4 heteroatoms. The van der Waals surface area contributed by atoms with Crippen molar-refractivity contribution < 1.29 is 4.39 Å². The molecule has 2 aromatic carbocycles. The van der Waals surface area contributed by atoms with Gasteiger partial charge in [0.2, 0.25) is 0 Å². The minimum Gasteiger partial charge on any atom is -0.344 e. The highest BCUT2D eigenvalue weighted by Gasteiger charge is 2.20. The Morgan fingerprint density at radius 1 is 1.08 bits per heavy atom. The third-order valence-electron chi connectivity index (χ3n) is 5.36. The summed E-state index contributed by atoms with van der Waals surface area (Å²) in [5.41, 5.74) is 6.84. The summed E-state index contributed by atoms with van der Waals surface area (Å²) >= 11 is 0. The summed E-state index contributed by atoms with van der Waals surface area (Å²) in [6.45, 7) is 5.30. The van der Waals surface area contributed by atoms with Crippen LogP contribution in [0.4, 0.5) is 4.39 Å². The van der Waals surface area contributed by atoms with Crippen LogP contribution >= 0.6 is 12.4 Å². The largest absolute Gasteiger partial charge is 0.344 e. The Morgan fingerprint density at radius 2 is 1.85 bits per heavy atom. The van der Waals surface area contributed by atoms with Crippen LogP contribution < -0.4 is 0 Å². The van der Waals surface area contributed by atoms with Gasteiger partial charge in [0, 0.05) is 29.7 Å². The van der Waals surface area contributed by atoms with Crippen molar-refractivity contribution in [3.63, 3.8) is 0 Å². The summed E-state index contributed by atoms with van der Waals surface area (Å²) in [4.78, 5) is 2.43. The molecule has 0 aliphatic carbocycles. The fourth-order valence-electron chi connectivity index (χ4n) is 4.07. The van der Waals surface area contributed by atoms with Gasteiger partial charge in [-0.1, -0.05) is 23.8 Å². The van der Waals surface area contributed by atoms with Gasteiger partial charge < -0.3 is 9.47 Å². The van der Waals surface area contributed by atoms with Crippen LogP contribution in [0.25, 0.3) is 10.9 Å². The summed E-state index contributed by atoms with van der Waals surface area (Å²) in [7, 11) is 2.21. The average Bonchev–Trinajstić information content (AvgIpc) is 2.74. The lowest BCUT2D eigenvalue weighted by atomic mass is 10.1. The van der Waals surface area contributed by atoms with Crippen LogP contribution in [-0.2, 0) is 25.9 Å². The molecule has 0 radical (unpaired) electrons. The molecule has 138 valence electrons. The van der Waals surface area contributed by atoms with E-state index in [1.165, 1.54) is 39.7 Å². The van der Waals surface area contributed by atoms with E-state index >= 15 is 0 Å². The number of aryl methyl sites for hydroxylation is 3. The van der Waals surface area contributed by atoms with Crippen molar-refractivity contribution in [2.24, 2.45) is 0 Å². The Labute approximate surface area is 161 Å². The number of aromatic nitrogens is 1. The zero-order chi connectivity index (χ0) is 17.4. The van der Waals surface area contributed by atoms with Crippen molar-refractivity contribution in [2.75, 3.05) is 13.6 Å². The number of halogens is 2.